The Labute approximate surface area is 184 Å². The number of anilines is 1. The van der Waals surface area contributed by atoms with Crippen molar-refractivity contribution in [3.05, 3.63) is 118 Å². The van der Waals surface area contributed by atoms with E-state index in [0.717, 1.165) is 11.1 Å². The van der Waals surface area contributed by atoms with Crippen LogP contribution in [0, 0.1) is 0 Å². The molecule has 0 atom stereocenters. The van der Waals surface area contributed by atoms with Crippen molar-refractivity contribution in [1.29, 1.82) is 0 Å². The highest BCUT2D eigenvalue weighted by atomic mass is 32.1. The van der Waals surface area contributed by atoms with Crippen LogP contribution in [0.1, 0.15) is 36.9 Å². The van der Waals surface area contributed by atoms with Crippen molar-refractivity contribution in [2.45, 2.75) is 13.0 Å². The fourth-order valence-corrected chi connectivity index (χ4v) is 4.00. The van der Waals surface area contributed by atoms with Crippen molar-refractivity contribution >= 4 is 28.3 Å². The highest BCUT2D eigenvalue weighted by Crippen LogP contribution is 2.26. The maximum atomic E-state index is 12.9. The minimum atomic E-state index is -0.253. The molecule has 0 saturated carbocycles. The lowest BCUT2D eigenvalue weighted by Gasteiger charge is -2.05. The van der Waals surface area contributed by atoms with Crippen molar-refractivity contribution in [2.75, 3.05) is 5.32 Å². The number of hydrogen-bond acceptors (Lipinski definition) is 4. The Kier molecular flexibility index (Phi) is 6.50. The molecule has 2 N–H and O–H groups in total. The second-order valence-corrected chi connectivity index (χ2v) is 7.94. The lowest BCUT2D eigenvalue weighted by Crippen LogP contribution is -2.23. The smallest absolute Gasteiger partial charge is 0.263 e. The molecule has 2 amide bonds. The number of benzene rings is 3. The van der Waals surface area contributed by atoms with Gasteiger partial charge in [-0.25, -0.2) is 4.98 Å². The molecule has 4 rings (SSSR count). The van der Waals surface area contributed by atoms with Crippen LogP contribution < -0.4 is 10.6 Å². The molecule has 0 aliphatic rings. The van der Waals surface area contributed by atoms with E-state index in [1.165, 1.54) is 11.3 Å². The van der Waals surface area contributed by atoms with Crippen LogP contribution in [0.2, 0.25) is 0 Å². The minimum Gasteiger partial charge on any atom is -0.347 e. The van der Waals surface area contributed by atoms with E-state index in [1.807, 2.05) is 66.7 Å². The summed E-state index contributed by atoms with van der Waals surface area (Å²) in [5.74, 6) is -0.454. The molecule has 0 radical (unpaired) electrons. The van der Waals surface area contributed by atoms with E-state index in [1.54, 1.807) is 24.3 Å². The maximum Gasteiger partial charge on any atom is 0.263 e. The maximum absolute atomic E-state index is 12.9. The molecule has 0 aliphatic heterocycles. The molecule has 5 nitrogen and oxygen atoms in total. The molecule has 31 heavy (non-hydrogen) atoms. The number of carbonyl (C=O) groups is 2. The molecule has 0 unspecified atom stereocenters. The summed E-state index contributed by atoms with van der Waals surface area (Å²) in [4.78, 5) is 30.5. The zero-order valence-corrected chi connectivity index (χ0v) is 17.6. The molecule has 0 bridgehead atoms. The highest BCUT2D eigenvalue weighted by molar-refractivity contribution is 7.17. The number of carbonyl (C=O) groups excluding carboxylic acids is 2. The molecule has 3 aromatic carbocycles. The van der Waals surface area contributed by atoms with E-state index < -0.39 is 0 Å². The van der Waals surface area contributed by atoms with Crippen LogP contribution >= 0.6 is 11.3 Å². The molecule has 4 aromatic rings. The second kappa shape index (κ2) is 9.82. The minimum absolute atomic E-state index is 0.201. The zero-order chi connectivity index (χ0) is 21.5. The van der Waals surface area contributed by atoms with Crippen LogP contribution in [-0.4, -0.2) is 16.8 Å². The number of amides is 2. The van der Waals surface area contributed by atoms with Gasteiger partial charge >= 0.3 is 0 Å². The van der Waals surface area contributed by atoms with Gasteiger partial charge in [0, 0.05) is 18.5 Å². The topological polar surface area (TPSA) is 71.1 Å². The third-order valence-corrected chi connectivity index (χ3v) is 5.68. The van der Waals surface area contributed by atoms with Crippen LogP contribution in [0.25, 0.3) is 0 Å². The van der Waals surface area contributed by atoms with E-state index in [2.05, 4.69) is 15.6 Å². The first kappa shape index (κ1) is 20.5. The predicted molar refractivity (Wildman–Crippen MR) is 123 cm³/mol. The SMILES string of the molecule is O=C(Nc1nc(Cc2ccccc2)c(C(=O)NCc2ccccc2)s1)c1ccccc1. The van der Waals surface area contributed by atoms with Gasteiger partial charge in [-0.3, -0.25) is 14.9 Å². The van der Waals surface area contributed by atoms with Gasteiger partial charge in [0.15, 0.2) is 5.13 Å². The molecule has 1 heterocycles. The van der Waals surface area contributed by atoms with Crippen LogP contribution in [0.4, 0.5) is 5.13 Å². The molecule has 6 heteroatoms. The van der Waals surface area contributed by atoms with Crippen molar-refractivity contribution in [3.63, 3.8) is 0 Å². The van der Waals surface area contributed by atoms with Crippen molar-refractivity contribution in [3.8, 4) is 0 Å². The normalized spacial score (nSPS) is 10.5. The van der Waals surface area contributed by atoms with Gasteiger partial charge in [0.05, 0.1) is 5.69 Å². The van der Waals surface area contributed by atoms with E-state index in [4.69, 9.17) is 0 Å². The summed E-state index contributed by atoms with van der Waals surface area (Å²) >= 11 is 1.19. The van der Waals surface area contributed by atoms with Gasteiger partial charge in [0.25, 0.3) is 11.8 Å². The van der Waals surface area contributed by atoms with Crippen LogP contribution in [0.15, 0.2) is 91.0 Å². The van der Waals surface area contributed by atoms with Gasteiger partial charge in [0.1, 0.15) is 4.88 Å². The Bertz CT molecular complexity index is 1160. The van der Waals surface area contributed by atoms with Crippen molar-refractivity contribution in [2.24, 2.45) is 0 Å². The van der Waals surface area contributed by atoms with E-state index in [-0.39, 0.29) is 11.8 Å². The lowest BCUT2D eigenvalue weighted by molar-refractivity contribution is 0.0953. The molecule has 0 aliphatic carbocycles. The Balaban J connectivity index is 1.55. The van der Waals surface area contributed by atoms with Gasteiger partial charge in [-0.2, -0.15) is 0 Å². The third-order valence-electron chi connectivity index (χ3n) is 4.67. The van der Waals surface area contributed by atoms with Crippen LogP contribution in [0.3, 0.4) is 0 Å². The van der Waals surface area contributed by atoms with Gasteiger partial charge in [-0.15, -0.1) is 0 Å². The molecular weight excluding hydrogens is 406 g/mol. The Morgan fingerprint density at radius 2 is 1.32 bits per heavy atom. The fraction of sp³-hybridized carbons (Fsp3) is 0.0800. The van der Waals surface area contributed by atoms with Gasteiger partial charge in [-0.05, 0) is 23.3 Å². The van der Waals surface area contributed by atoms with Crippen molar-refractivity contribution in [1.82, 2.24) is 10.3 Å². The number of nitrogens with zero attached hydrogens (tertiary/aromatic N) is 1. The molecule has 0 fully saturated rings. The summed E-state index contributed by atoms with van der Waals surface area (Å²) in [5, 5.41) is 6.19. The average Bonchev–Trinajstić information content (AvgIpc) is 3.21. The fourth-order valence-electron chi connectivity index (χ4n) is 3.11. The van der Waals surface area contributed by atoms with Gasteiger partial charge in [0.2, 0.25) is 0 Å². The summed E-state index contributed by atoms with van der Waals surface area (Å²) in [7, 11) is 0. The summed E-state index contributed by atoms with van der Waals surface area (Å²) in [5.41, 5.74) is 3.25. The number of thiazole rings is 1. The predicted octanol–water partition coefficient (Wildman–Crippen LogP) is 4.92. The summed E-state index contributed by atoms with van der Waals surface area (Å²) in [6, 6.07) is 28.5. The first-order valence-corrected chi connectivity index (χ1v) is 10.7. The quantitative estimate of drug-likeness (QED) is 0.440. The first-order valence-electron chi connectivity index (χ1n) is 9.91. The Morgan fingerprint density at radius 1 is 0.742 bits per heavy atom. The average molecular weight is 428 g/mol. The first-order chi connectivity index (χ1) is 15.2. The molecule has 0 saturated heterocycles. The summed E-state index contributed by atoms with van der Waals surface area (Å²) < 4.78 is 0. The van der Waals surface area contributed by atoms with Gasteiger partial charge in [-0.1, -0.05) is 90.2 Å². The monoisotopic (exact) mass is 427 g/mol. The van der Waals surface area contributed by atoms with Crippen molar-refractivity contribution < 1.29 is 9.59 Å². The van der Waals surface area contributed by atoms with E-state index in [9.17, 15) is 9.59 Å². The second-order valence-electron chi connectivity index (χ2n) is 6.95. The number of nitrogens with one attached hydrogen (secondary N) is 2. The number of hydrogen-bond donors (Lipinski definition) is 2. The number of aromatic nitrogens is 1. The standard InChI is InChI=1S/C25H21N3O2S/c29-23(20-14-8-3-9-15-20)28-25-27-21(16-18-10-4-1-5-11-18)22(31-25)24(30)26-17-19-12-6-2-7-13-19/h1-15H,16-17H2,(H,26,30)(H,27,28,29). The summed E-state index contributed by atoms with van der Waals surface area (Å²) in [6.07, 6.45) is 0.507. The van der Waals surface area contributed by atoms with E-state index in [0.29, 0.717) is 34.2 Å². The van der Waals surface area contributed by atoms with Gasteiger partial charge < -0.3 is 5.32 Å². The van der Waals surface area contributed by atoms with E-state index >= 15 is 0 Å². The van der Waals surface area contributed by atoms with Crippen LogP contribution in [-0.2, 0) is 13.0 Å². The zero-order valence-electron chi connectivity index (χ0n) is 16.7. The summed E-state index contributed by atoms with van der Waals surface area (Å²) in [6.45, 7) is 0.425. The Morgan fingerprint density at radius 3 is 1.97 bits per heavy atom. The van der Waals surface area contributed by atoms with Crippen LogP contribution in [0.5, 0.6) is 0 Å². The molecule has 154 valence electrons. The lowest BCUT2D eigenvalue weighted by atomic mass is 10.1. The Hall–Kier alpha value is -3.77. The molecular formula is C25H21N3O2S. The molecule has 0 spiro atoms. The highest BCUT2D eigenvalue weighted by Gasteiger charge is 2.20. The third kappa shape index (κ3) is 5.43. The molecule has 1 aromatic heterocycles. The largest absolute Gasteiger partial charge is 0.347 e. The number of rotatable bonds is 7.